The van der Waals surface area contributed by atoms with E-state index in [9.17, 15) is 4.79 Å². The van der Waals surface area contributed by atoms with E-state index in [1.54, 1.807) is 6.20 Å². The Hall–Kier alpha value is -0.840. The molecule has 0 spiro atoms. The summed E-state index contributed by atoms with van der Waals surface area (Å²) in [4.78, 5) is 12.4. The molecule has 2 unspecified atom stereocenters. The summed E-state index contributed by atoms with van der Waals surface area (Å²) in [5.41, 5.74) is 1.46. The summed E-state index contributed by atoms with van der Waals surface area (Å²) in [5.74, 6) is 0.536. The number of nitrogens with one attached hydrogen (secondary N) is 2. The van der Waals surface area contributed by atoms with Crippen molar-refractivity contribution < 1.29 is 4.79 Å². The molecule has 2 N–H and O–H groups in total. The monoisotopic (exact) mass is 285 g/mol. The van der Waals surface area contributed by atoms with Gasteiger partial charge in [0, 0.05) is 17.1 Å². The number of hydrogen-bond donors (Lipinski definition) is 2. The molecule has 1 heterocycles. The number of H-pyrrole nitrogens is 1. The van der Waals surface area contributed by atoms with Crippen molar-refractivity contribution in [1.82, 2.24) is 15.5 Å². The maximum Gasteiger partial charge on any atom is 0.254 e. The SMILES string of the molecule is Cc1[nH]ncc1C(=O)NCC1CCCC1Br. The topological polar surface area (TPSA) is 57.8 Å². The number of rotatable bonds is 3. The van der Waals surface area contributed by atoms with Crippen molar-refractivity contribution in [2.24, 2.45) is 5.92 Å². The Kier molecular flexibility index (Phi) is 3.63. The third-order valence-electron chi connectivity index (χ3n) is 3.17. The van der Waals surface area contributed by atoms with Crippen molar-refractivity contribution in [3.8, 4) is 0 Å². The molecule has 2 atom stereocenters. The molecule has 4 nitrogen and oxygen atoms in total. The van der Waals surface area contributed by atoms with Crippen LogP contribution in [0.2, 0.25) is 0 Å². The van der Waals surface area contributed by atoms with Crippen LogP contribution in [0.25, 0.3) is 0 Å². The summed E-state index contributed by atoms with van der Waals surface area (Å²) < 4.78 is 0. The number of nitrogens with zero attached hydrogens (tertiary/aromatic N) is 1. The van der Waals surface area contributed by atoms with Gasteiger partial charge in [-0.25, -0.2) is 0 Å². The van der Waals surface area contributed by atoms with E-state index in [-0.39, 0.29) is 5.91 Å². The first-order chi connectivity index (χ1) is 7.68. The van der Waals surface area contributed by atoms with Gasteiger partial charge in [-0.3, -0.25) is 9.89 Å². The van der Waals surface area contributed by atoms with Crippen molar-refractivity contribution in [2.75, 3.05) is 6.54 Å². The van der Waals surface area contributed by atoms with E-state index in [2.05, 4.69) is 31.4 Å². The highest BCUT2D eigenvalue weighted by Crippen LogP contribution is 2.30. The van der Waals surface area contributed by atoms with Gasteiger partial charge in [0.15, 0.2) is 0 Å². The minimum absolute atomic E-state index is 0.0298. The first-order valence-corrected chi connectivity index (χ1v) is 6.52. The van der Waals surface area contributed by atoms with Gasteiger partial charge in [0.25, 0.3) is 5.91 Å². The molecule has 0 radical (unpaired) electrons. The van der Waals surface area contributed by atoms with Gasteiger partial charge in [0.2, 0.25) is 0 Å². The van der Waals surface area contributed by atoms with Crippen molar-refractivity contribution in [3.05, 3.63) is 17.5 Å². The Labute approximate surface area is 103 Å². The molecular weight excluding hydrogens is 270 g/mol. The fourth-order valence-corrected chi connectivity index (χ4v) is 2.90. The number of halogens is 1. The predicted octanol–water partition coefficient (Wildman–Crippen LogP) is 2.01. The number of aryl methyl sites for hydroxylation is 1. The number of hydrogen-bond acceptors (Lipinski definition) is 2. The Morgan fingerprint density at radius 1 is 1.69 bits per heavy atom. The fraction of sp³-hybridized carbons (Fsp3) is 0.636. The summed E-state index contributed by atoms with van der Waals surface area (Å²) in [6.45, 7) is 2.60. The van der Waals surface area contributed by atoms with Gasteiger partial charge in [-0.05, 0) is 25.7 Å². The Balaban J connectivity index is 1.86. The molecule has 1 aliphatic carbocycles. The third kappa shape index (κ3) is 2.45. The van der Waals surface area contributed by atoms with Crippen LogP contribution >= 0.6 is 15.9 Å². The highest BCUT2D eigenvalue weighted by Gasteiger charge is 2.25. The number of aromatic nitrogens is 2. The highest BCUT2D eigenvalue weighted by molar-refractivity contribution is 9.09. The van der Waals surface area contributed by atoms with Gasteiger partial charge < -0.3 is 5.32 Å². The van der Waals surface area contributed by atoms with Crippen LogP contribution in [0.4, 0.5) is 0 Å². The molecule has 0 aliphatic heterocycles. The van der Waals surface area contributed by atoms with E-state index >= 15 is 0 Å². The average molecular weight is 286 g/mol. The molecule has 16 heavy (non-hydrogen) atoms. The van der Waals surface area contributed by atoms with Gasteiger partial charge in [-0.15, -0.1) is 0 Å². The highest BCUT2D eigenvalue weighted by atomic mass is 79.9. The molecule has 0 bridgehead atoms. The predicted molar refractivity (Wildman–Crippen MR) is 65.7 cm³/mol. The molecule has 2 rings (SSSR count). The average Bonchev–Trinajstić information content (AvgIpc) is 2.84. The number of alkyl halides is 1. The number of carbonyl (C=O) groups excluding carboxylic acids is 1. The molecule has 1 amide bonds. The molecule has 1 aliphatic rings. The van der Waals surface area contributed by atoms with Crippen molar-refractivity contribution in [1.29, 1.82) is 0 Å². The second kappa shape index (κ2) is 4.99. The van der Waals surface area contributed by atoms with Crippen LogP contribution in [0, 0.1) is 12.8 Å². The second-order valence-electron chi connectivity index (χ2n) is 4.33. The lowest BCUT2D eigenvalue weighted by Crippen LogP contribution is -2.31. The summed E-state index contributed by atoms with van der Waals surface area (Å²) in [5, 5.41) is 9.58. The van der Waals surface area contributed by atoms with E-state index in [1.165, 1.54) is 19.3 Å². The van der Waals surface area contributed by atoms with Crippen molar-refractivity contribution in [2.45, 2.75) is 31.0 Å². The maximum atomic E-state index is 11.8. The lowest BCUT2D eigenvalue weighted by Gasteiger charge is -2.14. The van der Waals surface area contributed by atoms with E-state index in [4.69, 9.17) is 0 Å². The Morgan fingerprint density at radius 2 is 2.50 bits per heavy atom. The minimum Gasteiger partial charge on any atom is -0.352 e. The molecular formula is C11H16BrN3O. The first kappa shape index (κ1) is 11.6. The lowest BCUT2D eigenvalue weighted by atomic mass is 10.1. The van der Waals surface area contributed by atoms with Crippen LogP contribution < -0.4 is 5.32 Å². The largest absolute Gasteiger partial charge is 0.352 e. The molecule has 5 heteroatoms. The van der Waals surface area contributed by atoms with Gasteiger partial charge in [-0.2, -0.15) is 5.10 Å². The van der Waals surface area contributed by atoms with E-state index in [0.717, 1.165) is 12.2 Å². The van der Waals surface area contributed by atoms with Gasteiger partial charge in [0.1, 0.15) is 0 Å². The molecule has 0 aromatic carbocycles. The third-order valence-corrected chi connectivity index (χ3v) is 4.37. The molecule has 0 saturated heterocycles. The van der Waals surface area contributed by atoms with Gasteiger partial charge >= 0.3 is 0 Å². The van der Waals surface area contributed by atoms with Crippen molar-refractivity contribution in [3.63, 3.8) is 0 Å². The standard InChI is InChI=1S/C11H16BrN3O/c1-7-9(6-14-15-7)11(16)13-5-8-3-2-4-10(8)12/h6,8,10H,2-5H2,1H3,(H,13,16)(H,14,15). The summed E-state index contributed by atoms with van der Waals surface area (Å²) in [6.07, 6.45) is 5.23. The number of carbonyl (C=O) groups is 1. The van der Waals surface area contributed by atoms with Crippen LogP contribution in [0.15, 0.2) is 6.20 Å². The molecule has 1 saturated carbocycles. The molecule has 1 aromatic rings. The van der Waals surface area contributed by atoms with Crippen LogP contribution in [0.5, 0.6) is 0 Å². The smallest absolute Gasteiger partial charge is 0.254 e. The summed E-state index contributed by atoms with van der Waals surface area (Å²) in [7, 11) is 0. The quantitative estimate of drug-likeness (QED) is 0.835. The minimum atomic E-state index is -0.0298. The zero-order valence-corrected chi connectivity index (χ0v) is 10.9. The van der Waals surface area contributed by atoms with Crippen molar-refractivity contribution >= 4 is 21.8 Å². The molecule has 1 aromatic heterocycles. The first-order valence-electron chi connectivity index (χ1n) is 5.60. The zero-order chi connectivity index (χ0) is 11.5. The molecule has 1 fully saturated rings. The second-order valence-corrected chi connectivity index (χ2v) is 5.50. The molecule has 88 valence electrons. The maximum absolute atomic E-state index is 11.8. The van der Waals surface area contributed by atoms with Gasteiger partial charge in [-0.1, -0.05) is 22.4 Å². The van der Waals surface area contributed by atoms with Crippen LogP contribution in [0.3, 0.4) is 0 Å². The number of amides is 1. The van der Waals surface area contributed by atoms with E-state index < -0.39 is 0 Å². The summed E-state index contributed by atoms with van der Waals surface area (Å²) >= 11 is 3.65. The fourth-order valence-electron chi connectivity index (χ4n) is 2.12. The van der Waals surface area contributed by atoms with Crippen LogP contribution in [-0.2, 0) is 0 Å². The number of aromatic amines is 1. The normalized spacial score (nSPS) is 24.6. The van der Waals surface area contributed by atoms with Gasteiger partial charge in [0.05, 0.1) is 11.8 Å². The van der Waals surface area contributed by atoms with Crippen LogP contribution in [-0.4, -0.2) is 27.5 Å². The van der Waals surface area contributed by atoms with E-state index in [0.29, 0.717) is 16.3 Å². The Bertz CT molecular complexity index is 377. The summed E-state index contributed by atoms with van der Waals surface area (Å²) in [6, 6.07) is 0. The lowest BCUT2D eigenvalue weighted by molar-refractivity contribution is 0.0947. The zero-order valence-electron chi connectivity index (χ0n) is 9.29. The van der Waals surface area contributed by atoms with Crippen LogP contribution in [0.1, 0.15) is 35.3 Å². The van der Waals surface area contributed by atoms with E-state index in [1.807, 2.05) is 6.92 Å². The Morgan fingerprint density at radius 3 is 3.06 bits per heavy atom.